The summed E-state index contributed by atoms with van der Waals surface area (Å²) in [5, 5.41) is 20.4. The minimum atomic E-state index is -0.512. The number of carbonyl (C=O) groups is 2. The lowest BCUT2D eigenvalue weighted by molar-refractivity contribution is -0.385. The van der Waals surface area contributed by atoms with E-state index in [1.807, 2.05) is 0 Å². The molecule has 0 saturated heterocycles. The fourth-order valence-corrected chi connectivity index (χ4v) is 3.81. The van der Waals surface area contributed by atoms with Gasteiger partial charge in [-0.15, -0.1) is 0 Å². The highest BCUT2D eigenvalue weighted by Gasteiger charge is 2.24. The van der Waals surface area contributed by atoms with Crippen molar-refractivity contribution in [1.29, 1.82) is 0 Å². The quantitative estimate of drug-likeness (QED) is 0.344. The van der Waals surface area contributed by atoms with Gasteiger partial charge in [-0.25, -0.2) is 0 Å². The van der Waals surface area contributed by atoms with E-state index in [4.69, 9.17) is 4.74 Å². The van der Waals surface area contributed by atoms with E-state index in [1.54, 1.807) is 4.90 Å². The van der Waals surface area contributed by atoms with E-state index in [0.29, 0.717) is 37.3 Å². The van der Waals surface area contributed by atoms with Gasteiger partial charge in [-0.05, 0) is 38.3 Å². The van der Waals surface area contributed by atoms with Crippen molar-refractivity contribution in [3.8, 4) is 5.75 Å². The molecule has 2 rings (SSSR count). The van der Waals surface area contributed by atoms with Crippen LogP contribution >= 0.6 is 0 Å². The van der Waals surface area contributed by atoms with Crippen molar-refractivity contribution in [2.24, 2.45) is 0 Å². The molecule has 1 aliphatic rings. The summed E-state index contributed by atoms with van der Waals surface area (Å²) < 4.78 is 5.64. The number of nitro benzene ring substituents is 1. The van der Waals surface area contributed by atoms with Crippen LogP contribution in [0.25, 0.3) is 0 Å². The van der Waals surface area contributed by atoms with E-state index in [0.717, 1.165) is 25.7 Å². The van der Waals surface area contributed by atoms with Gasteiger partial charge < -0.3 is 14.7 Å². The molecule has 0 radical (unpaired) electrons. The standard InChI is InChI=1S/C21H30N2O6/c1-16(25)14-17-15-19(9-10-20(17)23(27)28)29-13-5-8-21(26)22(11-12-24)18-6-3-2-4-7-18/h9-10,15,18,24H,2-8,11-14H2,1H3. The summed E-state index contributed by atoms with van der Waals surface area (Å²) in [5.74, 6) is 0.303. The summed E-state index contributed by atoms with van der Waals surface area (Å²) in [5.41, 5.74) is 0.220. The number of hydrogen-bond acceptors (Lipinski definition) is 6. The average Bonchev–Trinajstić information content (AvgIpc) is 2.69. The summed E-state index contributed by atoms with van der Waals surface area (Å²) in [6.45, 7) is 2.00. The Balaban J connectivity index is 1.87. The van der Waals surface area contributed by atoms with Gasteiger partial charge in [0.1, 0.15) is 11.5 Å². The van der Waals surface area contributed by atoms with Gasteiger partial charge in [0.25, 0.3) is 5.69 Å². The minimum absolute atomic E-state index is 0.0236. The van der Waals surface area contributed by atoms with Crippen LogP contribution in [0.4, 0.5) is 5.69 Å². The number of aliphatic hydroxyl groups is 1. The number of ketones is 1. The number of nitro groups is 1. The zero-order valence-corrected chi connectivity index (χ0v) is 17.0. The lowest BCUT2D eigenvalue weighted by Crippen LogP contribution is -2.43. The highest BCUT2D eigenvalue weighted by atomic mass is 16.6. The Morgan fingerprint density at radius 3 is 2.62 bits per heavy atom. The van der Waals surface area contributed by atoms with Crippen LogP contribution < -0.4 is 4.74 Å². The second-order valence-corrected chi connectivity index (χ2v) is 7.48. The lowest BCUT2D eigenvalue weighted by Gasteiger charge is -2.34. The molecule has 29 heavy (non-hydrogen) atoms. The van der Waals surface area contributed by atoms with Gasteiger partial charge >= 0.3 is 0 Å². The first-order chi connectivity index (χ1) is 13.9. The van der Waals surface area contributed by atoms with Gasteiger partial charge in [-0.3, -0.25) is 19.7 Å². The molecule has 1 aromatic rings. The van der Waals surface area contributed by atoms with Gasteiger partial charge in [-0.2, -0.15) is 0 Å². The van der Waals surface area contributed by atoms with Crippen molar-refractivity contribution in [3.05, 3.63) is 33.9 Å². The molecule has 0 spiro atoms. The topological polar surface area (TPSA) is 110 Å². The van der Waals surface area contributed by atoms with Gasteiger partial charge in [0, 0.05) is 37.1 Å². The van der Waals surface area contributed by atoms with E-state index in [1.165, 1.54) is 31.5 Å². The second-order valence-electron chi connectivity index (χ2n) is 7.48. The third-order valence-electron chi connectivity index (χ3n) is 5.17. The molecule has 0 bridgehead atoms. The van der Waals surface area contributed by atoms with Crippen molar-refractivity contribution in [3.63, 3.8) is 0 Å². The monoisotopic (exact) mass is 406 g/mol. The number of amides is 1. The van der Waals surface area contributed by atoms with Gasteiger partial charge in [-0.1, -0.05) is 19.3 Å². The first-order valence-electron chi connectivity index (χ1n) is 10.2. The molecule has 1 aliphatic carbocycles. The Hall–Kier alpha value is -2.48. The number of benzene rings is 1. The van der Waals surface area contributed by atoms with Crippen molar-refractivity contribution in [1.82, 2.24) is 4.90 Å². The Morgan fingerprint density at radius 1 is 1.28 bits per heavy atom. The van der Waals surface area contributed by atoms with Crippen LogP contribution in [0, 0.1) is 10.1 Å². The van der Waals surface area contributed by atoms with Crippen LogP contribution in [0.3, 0.4) is 0 Å². The van der Waals surface area contributed by atoms with Crippen LogP contribution in [-0.2, 0) is 16.0 Å². The van der Waals surface area contributed by atoms with Crippen molar-refractivity contribution in [2.75, 3.05) is 19.8 Å². The molecule has 1 N–H and O–H groups in total. The Morgan fingerprint density at radius 2 is 2.00 bits per heavy atom. The largest absolute Gasteiger partial charge is 0.494 e. The van der Waals surface area contributed by atoms with Crippen LogP contribution in [-0.4, -0.2) is 52.4 Å². The number of Topliss-reactive ketones (excluding diaryl/α,β-unsaturated/α-hetero) is 1. The molecule has 1 fully saturated rings. The second kappa shape index (κ2) is 11.5. The molecule has 0 atom stereocenters. The number of ether oxygens (including phenoxy) is 1. The molecule has 8 nitrogen and oxygen atoms in total. The zero-order chi connectivity index (χ0) is 21.2. The van der Waals surface area contributed by atoms with Crippen LogP contribution in [0.2, 0.25) is 0 Å². The first-order valence-corrected chi connectivity index (χ1v) is 10.2. The first kappa shape index (κ1) is 22.8. The Labute approximate surface area is 171 Å². The van der Waals surface area contributed by atoms with E-state index in [9.17, 15) is 24.8 Å². The molecule has 160 valence electrons. The predicted octanol–water partition coefficient (Wildman–Crippen LogP) is 3.04. The summed E-state index contributed by atoms with van der Waals surface area (Å²) >= 11 is 0. The summed E-state index contributed by atoms with van der Waals surface area (Å²) in [4.78, 5) is 36.3. The number of rotatable bonds is 11. The summed E-state index contributed by atoms with van der Waals surface area (Å²) in [6.07, 6.45) is 6.22. The molecule has 1 aromatic carbocycles. The summed E-state index contributed by atoms with van der Waals surface area (Å²) in [6, 6.07) is 4.57. The third kappa shape index (κ3) is 7.12. The third-order valence-corrected chi connectivity index (χ3v) is 5.17. The highest BCUT2D eigenvalue weighted by Crippen LogP contribution is 2.26. The summed E-state index contributed by atoms with van der Waals surface area (Å²) in [7, 11) is 0. The number of nitrogens with zero attached hydrogens (tertiary/aromatic N) is 2. The average molecular weight is 406 g/mol. The van der Waals surface area contributed by atoms with E-state index >= 15 is 0 Å². The van der Waals surface area contributed by atoms with Crippen molar-refractivity contribution < 1.29 is 24.4 Å². The van der Waals surface area contributed by atoms with Crippen molar-refractivity contribution in [2.45, 2.75) is 64.3 Å². The smallest absolute Gasteiger partial charge is 0.273 e. The predicted molar refractivity (Wildman–Crippen MR) is 108 cm³/mol. The minimum Gasteiger partial charge on any atom is -0.494 e. The normalized spacial score (nSPS) is 14.4. The SMILES string of the molecule is CC(=O)Cc1cc(OCCCC(=O)N(CCO)C2CCCCC2)ccc1[N+](=O)[O-]. The molecule has 1 amide bonds. The van der Waals surface area contributed by atoms with Crippen LogP contribution in [0.15, 0.2) is 18.2 Å². The maximum absolute atomic E-state index is 12.6. The molecule has 1 saturated carbocycles. The van der Waals surface area contributed by atoms with Gasteiger partial charge in [0.05, 0.1) is 18.1 Å². The van der Waals surface area contributed by atoms with Crippen molar-refractivity contribution >= 4 is 17.4 Å². The molecule has 0 aromatic heterocycles. The zero-order valence-electron chi connectivity index (χ0n) is 17.0. The molecule has 0 heterocycles. The number of aliphatic hydroxyl groups excluding tert-OH is 1. The maximum Gasteiger partial charge on any atom is 0.273 e. The Bertz CT molecular complexity index is 715. The number of carbonyl (C=O) groups excluding carboxylic acids is 2. The van der Waals surface area contributed by atoms with Gasteiger partial charge in [0.2, 0.25) is 5.91 Å². The highest BCUT2D eigenvalue weighted by molar-refractivity contribution is 5.79. The molecule has 8 heteroatoms. The number of hydrogen-bond donors (Lipinski definition) is 1. The molecular formula is C21H30N2O6. The van der Waals surface area contributed by atoms with E-state index in [2.05, 4.69) is 0 Å². The van der Waals surface area contributed by atoms with E-state index < -0.39 is 4.92 Å². The lowest BCUT2D eigenvalue weighted by atomic mass is 9.94. The van der Waals surface area contributed by atoms with Crippen LogP contribution in [0.5, 0.6) is 5.75 Å². The fourth-order valence-electron chi connectivity index (χ4n) is 3.81. The Kier molecular flexibility index (Phi) is 9.05. The molecule has 0 aliphatic heterocycles. The van der Waals surface area contributed by atoms with Gasteiger partial charge in [0.15, 0.2) is 0 Å². The molecule has 0 unspecified atom stereocenters. The van der Waals surface area contributed by atoms with Crippen LogP contribution in [0.1, 0.15) is 57.4 Å². The van der Waals surface area contributed by atoms with E-state index in [-0.39, 0.29) is 36.4 Å². The fraction of sp³-hybridized carbons (Fsp3) is 0.619. The maximum atomic E-state index is 12.6. The molecular weight excluding hydrogens is 376 g/mol.